The molecule has 4 atom stereocenters. The first-order valence-electron chi connectivity index (χ1n) is 5.23. The number of rotatable bonds is 0. The molecule has 0 aliphatic carbocycles. The van der Waals surface area contributed by atoms with E-state index >= 15 is 0 Å². The second-order valence-corrected chi connectivity index (χ2v) is 5.55. The quantitative estimate of drug-likeness (QED) is 0.574. The van der Waals surface area contributed by atoms with Crippen molar-refractivity contribution >= 4 is 0 Å². The minimum atomic E-state index is 0.309. The molecule has 2 fully saturated rings. The van der Waals surface area contributed by atoms with Gasteiger partial charge in [0.1, 0.15) is 0 Å². The molecule has 2 nitrogen and oxygen atoms in total. The van der Waals surface area contributed by atoms with Crippen molar-refractivity contribution in [1.82, 2.24) is 0 Å². The zero-order valence-corrected chi connectivity index (χ0v) is 9.04. The third-order valence-corrected chi connectivity index (χ3v) is 3.41. The van der Waals surface area contributed by atoms with E-state index in [9.17, 15) is 0 Å². The van der Waals surface area contributed by atoms with Crippen LogP contribution in [-0.4, -0.2) is 25.4 Å². The third kappa shape index (κ3) is 1.50. The van der Waals surface area contributed by atoms with Crippen LogP contribution in [0.2, 0.25) is 0 Å². The van der Waals surface area contributed by atoms with Crippen LogP contribution in [0.1, 0.15) is 27.7 Å². The van der Waals surface area contributed by atoms with Crippen LogP contribution >= 0.6 is 0 Å². The van der Waals surface area contributed by atoms with Crippen LogP contribution in [-0.2, 0) is 9.47 Å². The summed E-state index contributed by atoms with van der Waals surface area (Å²) in [5.41, 5.74) is 0.309. The van der Waals surface area contributed by atoms with Gasteiger partial charge in [0, 0.05) is 11.8 Å². The van der Waals surface area contributed by atoms with Crippen molar-refractivity contribution in [3.8, 4) is 0 Å². The minimum absolute atomic E-state index is 0.309. The van der Waals surface area contributed by atoms with Crippen molar-refractivity contribution in [1.29, 1.82) is 0 Å². The van der Waals surface area contributed by atoms with Crippen LogP contribution in [0.25, 0.3) is 0 Å². The van der Waals surface area contributed by atoms with E-state index in [-0.39, 0.29) is 0 Å². The van der Waals surface area contributed by atoms with Crippen molar-refractivity contribution in [2.24, 2.45) is 17.3 Å². The first-order valence-corrected chi connectivity index (χ1v) is 5.23. The Kier molecular flexibility index (Phi) is 2.16. The van der Waals surface area contributed by atoms with Gasteiger partial charge in [0.2, 0.25) is 0 Å². The highest BCUT2D eigenvalue weighted by Crippen LogP contribution is 2.42. The molecule has 2 unspecified atom stereocenters. The maximum Gasteiger partial charge on any atom is 0.0895 e. The van der Waals surface area contributed by atoms with Crippen LogP contribution < -0.4 is 0 Å². The molecule has 2 heterocycles. The molecule has 0 aromatic rings. The molecule has 76 valence electrons. The van der Waals surface area contributed by atoms with Gasteiger partial charge in [-0.25, -0.2) is 0 Å². The van der Waals surface area contributed by atoms with Crippen molar-refractivity contribution in [3.63, 3.8) is 0 Å². The lowest BCUT2D eigenvalue weighted by Gasteiger charge is -2.29. The fraction of sp³-hybridized carbons (Fsp3) is 1.00. The zero-order chi connectivity index (χ0) is 9.64. The summed E-state index contributed by atoms with van der Waals surface area (Å²) in [7, 11) is 0. The SMILES string of the molecule is C[C@@H]1COC2C1OC[C@H]2C(C)(C)C. The van der Waals surface area contributed by atoms with Gasteiger partial charge in [-0.15, -0.1) is 0 Å². The molecule has 0 N–H and O–H groups in total. The predicted octanol–water partition coefficient (Wildman–Crippen LogP) is 2.08. The topological polar surface area (TPSA) is 18.5 Å². The van der Waals surface area contributed by atoms with Crippen molar-refractivity contribution in [3.05, 3.63) is 0 Å². The second kappa shape index (κ2) is 2.96. The first-order chi connectivity index (χ1) is 6.00. The first kappa shape index (κ1) is 9.47. The zero-order valence-electron chi connectivity index (χ0n) is 9.04. The number of hydrogen-bond acceptors (Lipinski definition) is 2. The molecule has 13 heavy (non-hydrogen) atoms. The summed E-state index contributed by atoms with van der Waals surface area (Å²) >= 11 is 0. The molecule has 0 saturated carbocycles. The van der Waals surface area contributed by atoms with E-state index < -0.39 is 0 Å². The lowest BCUT2D eigenvalue weighted by Crippen LogP contribution is -2.33. The summed E-state index contributed by atoms with van der Waals surface area (Å²) in [5.74, 6) is 1.15. The molecule has 2 rings (SSSR count). The fourth-order valence-electron chi connectivity index (χ4n) is 2.43. The van der Waals surface area contributed by atoms with E-state index in [1.807, 2.05) is 0 Å². The van der Waals surface area contributed by atoms with Gasteiger partial charge in [-0.2, -0.15) is 0 Å². The predicted molar refractivity (Wildman–Crippen MR) is 51.6 cm³/mol. The Bertz CT molecular complexity index is 195. The third-order valence-electron chi connectivity index (χ3n) is 3.41. The summed E-state index contributed by atoms with van der Waals surface area (Å²) in [5, 5.41) is 0. The standard InChI is InChI=1S/C11H20O2/c1-7-5-12-10-8(11(2,3)4)6-13-9(7)10/h7-10H,5-6H2,1-4H3/t7-,8-,9?,10?/m1/s1. The highest BCUT2D eigenvalue weighted by Gasteiger charge is 2.49. The summed E-state index contributed by atoms with van der Waals surface area (Å²) in [6.45, 7) is 10.8. The molecule has 2 heteroatoms. The lowest BCUT2D eigenvalue weighted by atomic mass is 9.77. The van der Waals surface area contributed by atoms with Crippen LogP contribution in [0.5, 0.6) is 0 Å². The average Bonchev–Trinajstić information content (AvgIpc) is 2.51. The molecule has 0 radical (unpaired) electrons. The Morgan fingerprint density at radius 1 is 1.00 bits per heavy atom. The molecule has 2 aliphatic rings. The van der Waals surface area contributed by atoms with Crippen LogP contribution in [0.3, 0.4) is 0 Å². The van der Waals surface area contributed by atoms with Gasteiger partial charge in [-0.1, -0.05) is 27.7 Å². The smallest absolute Gasteiger partial charge is 0.0895 e. The van der Waals surface area contributed by atoms with Gasteiger partial charge in [0.05, 0.1) is 25.4 Å². The van der Waals surface area contributed by atoms with Crippen molar-refractivity contribution in [2.75, 3.05) is 13.2 Å². The Labute approximate surface area is 80.6 Å². The van der Waals surface area contributed by atoms with Crippen LogP contribution in [0, 0.1) is 17.3 Å². The minimum Gasteiger partial charge on any atom is -0.375 e. The van der Waals surface area contributed by atoms with E-state index in [1.165, 1.54) is 0 Å². The summed E-state index contributed by atoms with van der Waals surface area (Å²) < 4.78 is 11.6. The number of fused-ring (bicyclic) bond motifs is 1. The Morgan fingerprint density at radius 2 is 1.62 bits per heavy atom. The molecule has 2 aliphatic heterocycles. The Hall–Kier alpha value is -0.0800. The molecule has 0 spiro atoms. The normalized spacial score (nSPS) is 45.2. The lowest BCUT2D eigenvalue weighted by molar-refractivity contribution is 0.0338. The van der Waals surface area contributed by atoms with Crippen LogP contribution in [0.15, 0.2) is 0 Å². The van der Waals surface area contributed by atoms with Gasteiger partial charge < -0.3 is 9.47 Å². The maximum atomic E-state index is 5.80. The molecular formula is C11H20O2. The molecule has 0 aromatic heterocycles. The van der Waals surface area contributed by atoms with E-state index in [0.29, 0.717) is 29.5 Å². The molecule has 0 bridgehead atoms. The van der Waals surface area contributed by atoms with Gasteiger partial charge in [-0.05, 0) is 5.41 Å². The molecule has 0 amide bonds. The second-order valence-electron chi connectivity index (χ2n) is 5.55. The fourth-order valence-corrected chi connectivity index (χ4v) is 2.43. The van der Waals surface area contributed by atoms with Gasteiger partial charge >= 0.3 is 0 Å². The largest absolute Gasteiger partial charge is 0.375 e. The van der Waals surface area contributed by atoms with Gasteiger partial charge in [0.25, 0.3) is 0 Å². The summed E-state index contributed by atoms with van der Waals surface area (Å²) in [4.78, 5) is 0. The summed E-state index contributed by atoms with van der Waals surface area (Å²) in [6.07, 6.45) is 0.722. The van der Waals surface area contributed by atoms with Crippen molar-refractivity contribution in [2.45, 2.75) is 39.9 Å². The molecule has 0 aromatic carbocycles. The molecular weight excluding hydrogens is 164 g/mol. The number of ether oxygens (including phenoxy) is 2. The van der Waals surface area contributed by atoms with Gasteiger partial charge in [-0.3, -0.25) is 0 Å². The monoisotopic (exact) mass is 184 g/mol. The molecule has 2 saturated heterocycles. The van der Waals surface area contributed by atoms with Crippen molar-refractivity contribution < 1.29 is 9.47 Å². The highest BCUT2D eigenvalue weighted by atomic mass is 16.6. The Morgan fingerprint density at radius 3 is 2.23 bits per heavy atom. The van der Waals surface area contributed by atoms with E-state index in [1.54, 1.807) is 0 Å². The van der Waals surface area contributed by atoms with E-state index in [0.717, 1.165) is 13.2 Å². The van der Waals surface area contributed by atoms with Crippen LogP contribution in [0.4, 0.5) is 0 Å². The maximum absolute atomic E-state index is 5.80. The summed E-state index contributed by atoms with van der Waals surface area (Å²) in [6, 6.07) is 0. The van der Waals surface area contributed by atoms with Gasteiger partial charge in [0.15, 0.2) is 0 Å². The Balaban J connectivity index is 2.11. The van der Waals surface area contributed by atoms with E-state index in [4.69, 9.17) is 9.47 Å². The highest BCUT2D eigenvalue weighted by molar-refractivity contribution is 4.96. The van der Waals surface area contributed by atoms with E-state index in [2.05, 4.69) is 27.7 Å². The average molecular weight is 184 g/mol. The number of hydrogen-bond donors (Lipinski definition) is 0.